The molecule has 2 aliphatic rings. The van der Waals surface area contributed by atoms with Crippen LogP contribution in [0.2, 0.25) is 0 Å². The van der Waals surface area contributed by atoms with Crippen molar-refractivity contribution in [2.24, 2.45) is 4.99 Å². The van der Waals surface area contributed by atoms with E-state index in [4.69, 9.17) is 4.74 Å². The highest BCUT2D eigenvalue weighted by atomic mass is 32.2. The second kappa shape index (κ2) is 6.39. The molecule has 0 aliphatic carbocycles. The SMILES string of the molecule is C=CCN1C(SC(C)C(=O)OC)=NC2C1C(=O)NC(=O)N2C. The number of ether oxygens (including phenoxy) is 1. The van der Waals surface area contributed by atoms with E-state index < -0.39 is 29.4 Å². The summed E-state index contributed by atoms with van der Waals surface area (Å²) in [5, 5.41) is 2.34. The van der Waals surface area contributed by atoms with E-state index in [1.165, 1.54) is 23.8 Å². The van der Waals surface area contributed by atoms with E-state index in [-0.39, 0.29) is 5.97 Å². The third kappa shape index (κ3) is 2.80. The molecule has 9 heteroatoms. The Morgan fingerprint density at radius 3 is 2.86 bits per heavy atom. The molecule has 3 atom stereocenters. The maximum absolute atomic E-state index is 12.1. The second-order valence-electron chi connectivity index (χ2n) is 4.90. The monoisotopic (exact) mass is 326 g/mol. The first-order valence-corrected chi connectivity index (χ1v) is 7.56. The van der Waals surface area contributed by atoms with Crippen molar-refractivity contribution in [3.63, 3.8) is 0 Å². The number of carbonyl (C=O) groups is 3. The van der Waals surface area contributed by atoms with Gasteiger partial charge in [0.25, 0.3) is 5.91 Å². The number of hydrogen-bond acceptors (Lipinski definition) is 7. The van der Waals surface area contributed by atoms with Crippen molar-refractivity contribution < 1.29 is 19.1 Å². The van der Waals surface area contributed by atoms with E-state index in [0.29, 0.717) is 11.7 Å². The molecular weight excluding hydrogens is 308 g/mol. The molecular formula is C13H18N4O4S. The van der Waals surface area contributed by atoms with Crippen LogP contribution in [0.25, 0.3) is 0 Å². The number of amidine groups is 1. The highest BCUT2D eigenvalue weighted by Gasteiger charge is 2.48. The number of imide groups is 1. The largest absolute Gasteiger partial charge is 0.468 e. The molecule has 0 aromatic rings. The number of aliphatic imine (C=N–C) groups is 1. The van der Waals surface area contributed by atoms with E-state index in [1.54, 1.807) is 24.9 Å². The first kappa shape index (κ1) is 16.3. The van der Waals surface area contributed by atoms with Crippen LogP contribution in [-0.2, 0) is 14.3 Å². The number of nitrogens with zero attached hydrogens (tertiary/aromatic N) is 3. The molecule has 2 rings (SSSR count). The van der Waals surface area contributed by atoms with Crippen LogP contribution in [0.1, 0.15) is 6.92 Å². The van der Waals surface area contributed by atoms with Gasteiger partial charge in [-0.1, -0.05) is 17.8 Å². The van der Waals surface area contributed by atoms with E-state index in [1.807, 2.05) is 0 Å². The Kier molecular flexibility index (Phi) is 4.74. The van der Waals surface area contributed by atoms with Gasteiger partial charge in [-0.15, -0.1) is 6.58 Å². The van der Waals surface area contributed by atoms with Crippen molar-refractivity contribution in [2.45, 2.75) is 24.4 Å². The number of hydrogen-bond donors (Lipinski definition) is 1. The van der Waals surface area contributed by atoms with Gasteiger partial charge in [0.2, 0.25) is 0 Å². The first-order chi connectivity index (χ1) is 10.4. The number of urea groups is 1. The van der Waals surface area contributed by atoms with Gasteiger partial charge >= 0.3 is 12.0 Å². The highest BCUT2D eigenvalue weighted by molar-refractivity contribution is 8.14. The summed E-state index contributed by atoms with van der Waals surface area (Å²) in [6.07, 6.45) is 1.04. The van der Waals surface area contributed by atoms with Gasteiger partial charge in [-0.3, -0.25) is 14.9 Å². The maximum Gasteiger partial charge on any atom is 0.325 e. The molecule has 0 aromatic carbocycles. The van der Waals surface area contributed by atoms with Crippen molar-refractivity contribution >= 4 is 34.8 Å². The molecule has 1 fully saturated rings. The van der Waals surface area contributed by atoms with Crippen LogP contribution in [-0.4, -0.2) is 71.0 Å². The number of nitrogens with one attached hydrogen (secondary N) is 1. The summed E-state index contributed by atoms with van der Waals surface area (Å²) in [7, 11) is 2.89. The minimum Gasteiger partial charge on any atom is -0.468 e. The third-order valence-electron chi connectivity index (χ3n) is 3.46. The van der Waals surface area contributed by atoms with Crippen LogP contribution < -0.4 is 5.32 Å². The summed E-state index contributed by atoms with van der Waals surface area (Å²) in [6, 6.07) is -1.10. The van der Waals surface area contributed by atoms with Crippen LogP contribution in [0.5, 0.6) is 0 Å². The lowest BCUT2D eigenvalue weighted by Crippen LogP contribution is -2.63. The predicted octanol–water partition coefficient (Wildman–Crippen LogP) is 0.0150. The zero-order chi connectivity index (χ0) is 16.4. The fourth-order valence-corrected chi connectivity index (χ4v) is 3.30. The number of amides is 3. The molecule has 0 aromatic heterocycles. The molecule has 3 amide bonds. The predicted molar refractivity (Wildman–Crippen MR) is 82.3 cm³/mol. The smallest absolute Gasteiger partial charge is 0.325 e. The number of rotatable bonds is 4. The van der Waals surface area contributed by atoms with E-state index in [0.717, 1.165) is 0 Å². The Labute approximate surface area is 132 Å². The molecule has 0 radical (unpaired) electrons. The van der Waals surface area contributed by atoms with Crippen LogP contribution in [0, 0.1) is 0 Å². The van der Waals surface area contributed by atoms with Gasteiger partial charge in [0.15, 0.2) is 17.4 Å². The number of fused-ring (bicyclic) bond motifs is 1. The molecule has 2 aliphatic heterocycles. The minimum absolute atomic E-state index is 0.380. The van der Waals surface area contributed by atoms with E-state index in [2.05, 4.69) is 16.9 Å². The molecule has 1 N–H and O–H groups in total. The zero-order valence-electron chi connectivity index (χ0n) is 12.6. The summed E-state index contributed by atoms with van der Waals surface area (Å²) in [5.41, 5.74) is 0. The number of methoxy groups -OCH3 is 1. The molecule has 0 bridgehead atoms. The van der Waals surface area contributed by atoms with Gasteiger partial charge in [-0.25, -0.2) is 9.79 Å². The topological polar surface area (TPSA) is 91.3 Å². The molecule has 1 saturated heterocycles. The lowest BCUT2D eigenvalue weighted by atomic mass is 10.1. The Morgan fingerprint density at radius 2 is 2.27 bits per heavy atom. The van der Waals surface area contributed by atoms with Gasteiger partial charge in [0.05, 0.1) is 7.11 Å². The quantitative estimate of drug-likeness (QED) is 0.578. The molecule has 0 saturated carbocycles. The average Bonchev–Trinajstić information content (AvgIpc) is 2.83. The normalized spacial score (nSPS) is 25.3. The standard InChI is InChI=1S/C13H18N4O4S/c1-5-6-17-8-9(16(3)12(20)15-10(8)18)14-13(17)22-7(2)11(19)21-4/h5,7-9H,1,6H2,2-4H3,(H,15,18,20). The van der Waals surface area contributed by atoms with Crippen LogP contribution in [0.3, 0.4) is 0 Å². The molecule has 3 unspecified atom stereocenters. The van der Waals surface area contributed by atoms with Gasteiger partial charge in [0.1, 0.15) is 5.25 Å². The molecule has 2 heterocycles. The molecule has 0 spiro atoms. The minimum atomic E-state index is -0.618. The molecule has 120 valence electrons. The van der Waals surface area contributed by atoms with Crippen LogP contribution in [0.15, 0.2) is 17.6 Å². The fraction of sp³-hybridized carbons (Fsp3) is 0.538. The maximum atomic E-state index is 12.1. The summed E-state index contributed by atoms with van der Waals surface area (Å²) in [4.78, 5) is 43.0. The van der Waals surface area contributed by atoms with Gasteiger partial charge in [-0.05, 0) is 6.92 Å². The fourth-order valence-electron chi connectivity index (χ4n) is 2.30. The summed E-state index contributed by atoms with van der Waals surface area (Å²) < 4.78 is 4.70. The zero-order valence-corrected chi connectivity index (χ0v) is 13.4. The van der Waals surface area contributed by atoms with E-state index >= 15 is 0 Å². The Balaban J connectivity index is 2.27. The molecule has 22 heavy (non-hydrogen) atoms. The average molecular weight is 326 g/mol. The lowest BCUT2D eigenvalue weighted by molar-refractivity contribution is -0.139. The van der Waals surface area contributed by atoms with Crippen molar-refractivity contribution in [1.82, 2.24) is 15.1 Å². The lowest BCUT2D eigenvalue weighted by Gasteiger charge is -2.35. The summed E-state index contributed by atoms with van der Waals surface area (Å²) in [6.45, 7) is 5.76. The van der Waals surface area contributed by atoms with Crippen molar-refractivity contribution in [3.8, 4) is 0 Å². The Morgan fingerprint density at radius 1 is 1.59 bits per heavy atom. The Hall–Kier alpha value is -2.03. The number of likely N-dealkylation sites (N-methyl/N-ethyl adjacent to an activating group) is 1. The van der Waals surface area contributed by atoms with Crippen LogP contribution >= 0.6 is 11.8 Å². The summed E-state index contributed by atoms with van der Waals surface area (Å²) >= 11 is 1.19. The van der Waals surface area contributed by atoms with Crippen LogP contribution in [0.4, 0.5) is 4.79 Å². The Bertz CT molecular complexity index is 550. The highest BCUT2D eigenvalue weighted by Crippen LogP contribution is 2.30. The van der Waals surface area contributed by atoms with Gasteiger partial charge in [-0.2, -0.15) is 0 Å². The summed E-state index contributed by atoms with van der Waals surface area (Å²) in [5.74, 6) is -0.782. The van der Waals surface area contributed by atoms with E-state index in [9.17, 15) is 14.4 Å². The second-order valence-corrected chi connectivity index (χ2v) is 6.21. The van der Waals surface area contributed by atoms with Gasteiger partial charge < -0.3 is 14.5 Å². The third-order valence-corrected chi connectivity index (χ3v) is 4.56. The van der Waals surface area contributed by atoms with Crippen molar-refractivity contribution in [2.75, 3.05) is 20.7 Å². The van der Waals surface area contributed by atoms with Crippen molar-refractivity contribution in [3.05, 3.63) is 12.7 Å². The molecule has 8 nitrogen and oxygen atoms in total. The van der Waals surface area contributed by atoms with Crippen molar-refractivity contribution in [1.29, 1.82) is 0 Å². The first-order valence-electron chi connectivity index (χ1n) is 6.68. The number of thioether (sulfide) groups is 1. The number of carbonyl (C=O) groups excluding carboxylic acids is 3. The van der Waals surface area contributed by atoms with Gasteiger partial charge in [0, 0.05) is 13.6 Å². The number of esters is 1.